The number of esters is 4. The lowest BCUT2D eigenvalue weighted by atomic mass is 10.0. The number of phosphoric ester groups is 2. The number of aliphatic hydroxyl groups excluding tert-OH is 1. The number of unbranched alkanes of at least 4 members (excludes halogenated alkanes) is 48. The van der Waals surface area contributed by atoms with E-state index in [1.807, 2.05) is 0 Å². The fraction of sp³-hybridized carbons (Fsp3) is 0.945. The summed E-state index contributed by atoms with van der Waals surface area (Å²) in [6.45, 7) is 4.96. The molecule has 0 spiro atoms. The summed E-state index contributed by atoms with van der Waals surface area (Å²) in [5.41, 5.74) is 0. The molecule has 0 radical (unpaired) electrons. The number of phosphoric acid groups is 2. The van der Waals surface area contributed by atoms with Crippen molar-refractivity contribution < 1.29 is 80.2 Å². The maximum absolute atomic E-state index is 13.1. The molecule has 92 heavy (non-hydrogen) atoms. The van der Waals surface area contributed by atoms with Crippen LogP contribution in [0.2, 0.25) is 0 Å². The van der Waals surface area contributed by atoms with Crippen molar-refractivity contribution in [3.63, 3.8) is 0 Å². The van der Waals surface area contributed by atoms with Gasteiger partial charge < -0.3 is 33.8 Å². The van der Waals surface area contributed by atoms with Crippen LogP contribution in [0.5, 0.6) is 0 Å². The van der Waals surface area contributed by atoms with E-state index in [0.717, 1.165) is 89.9 Å². The molecular weight excluding hydrogens is 1210 g/mol. The Morgan fingerprint density at radius 1 is 0.261 bits per heavy atom. The van der Waals surface area contributed by atoms with E-state index in [1.165, 1.54) is 218 Å². The molecule has 0 aromatic heterocycles. The molecular formula is C73H142O17P2. The Labute approximate surface area is 562 Å². The summed E-state index contributed by atoms with van der Waals surface area (Å²) >= 11 is 0. The lowest BCUT2D eigenvalue weighted by molar-refractivity contribution is -0.161. The Bertz CT molecular complexity index is 1760. The van der Waals surface area contributed by atoms with E-state index in [-0.39, 0.29) is 25.7 Å². The second kappa shape index (κ2) is 67.6. The van der Waals surface area contributed by atoms with Gasteiger partial charge in [0.15, 0.2) is 12.2 Å². The number of carbonyl (C=O) groups is 4. The fourth-order valence-corrected chi connectivity index (χ4v) is 12.8. The maximum Gasteiger partial charge on any atom is 0.472 e. The van der Waals surface area contributed by atoms with Crippen molar-refractivity contribution >= 4 is 39.5 Å². The third kappa shape index (κ3) is 66.7. The number of ether oxygens (including phenoxy) is 4. The highest BCUT2D eigenvalue weighted by atomic mass is 31.2. The summed E-state index contributed by atoms with van der Waals surface area (Å²) in [5.74, 6) is -2.11. The van der Waals surface area contributed by atoms with Gasteiger partial charge in [-0.3, -0.25) is 37.3 Å². The van der Waals surface area contributed by atoms with E-state index in [9.17, 15) is 43.2 Å². The van der Waals surface area contributed by atoms with E-state index < -0.39 is 97.5 Å². The average Bonchev–Trinajstić information content (AvgIpc) is 2.27. The molecule has 546 valence electrons. The van der Waals surface area contributed by atoms with E-state index in [4.69, 9.17) is 37.0 Å². The van der Waals surface area contributed by atoms with Gasteiger partial charge in [-0.25, -0.2) is 9.13 Å². The van der Waals surface area contributed by atoms with E-state index in [0.29, 0.717) is 25.7 Å². The maximum atomic E-state index is 13.1. The highest BCUT2D eigenvalue weighted by molar-refractivity contribution is 7.47. The molecule has 5 atom stereocenters. The molecule has 19 heteroatoms. The summed E-state index contributed by atoms with van der Waals surface area (Å²) in [4.78, 5) is 72.7. The largest absolute Gasteiger partial charge is 0.472 e. The molecule has 0 heterocycles. The zero-order valence-corrected chi connectivity index (χ0v) is 61.3. The molecule has 0 saturated heterocycles. The van der Waals surface area contributed by atoms with Gasteiger partial charge in [-0.1, -0.05) is 336 Å². The van der Waals surface area contributed by atoms with Crippen LogP contribution in [-0.2, 0) is 65.4 Å². The Hall–Kier alpha value is -1.94. The van der Waals surface area contributed by atoms with E-state index in [1.54, 1.807) is 0 Å². The van der Waals surface area contributed by atoms with Crippen molar-refractivity contribution in [2.75, 3.05) is 39.6 Å². The molecule has 0 aliphatic carbocycles. The summed E-state index contributed by atoms with van der Waals surface area (Å²) in [6, 6.07) is 0. The molecule has 0 aliphatic rings. The second-order valence-corrected chi connectivity index (χ2v) is 29.2. The smallest absolute Gasteiger partial charge is 0.462 e. The fourth-order valence-electron chi connectivity index (χ4n) is 11.2. The third-order valence-corrected chi connectivity index (χ3v) is 19.0. The van der Waals surface area contributed by atoms with Crippen LogP contribution < -0.4 is 0 Å². The quantitative estimate of drug-likeness (QED) is 0.0222. The van der Waals surface area contributed by atoms with Crippen LogP contribution in [0.25, 0.3) is 0 Å². The molecule has 0 rings (SSSR count). The molecule has 0 saturated carbocycles. The van der Waals surface area contributed by atoms with Gasteiger partial charge in [0.05, 0.1) is 26.4 Å². The predicted molar refractivity (Wildman–Crippen MR) is 372 cm³/mol. The third-order valence-electron chi connectivity index (χ3n) is 17.1. The van der Waals surface area contributed by atoms with Crippen molar-refractivity contribution in [3.8, 4) is 0 Å². The molecule has 0 fully saturated rings. The van der Waals surface area contributed by atoms with Crippen LogP contribution in [0.1, 0.15) is 387 Å². The minimum Gasteiger partial charge on any atom is -0.462 e. The molecule has 0 bridgehead atoms. The first-order chi connectivity index (χ1) is 44.7. The monoisotopic (exact) mass is 1350 g/mol. The van der Waals surface area contributed by atoms with Crippen LogP contribution in [0.4, 0.5) is 0 Å². The first-order valence-electron chi connectivity index (χ1n) is 38.3. The van der Waals surface area contributed by atoms with Crippen molar-refractivity contribution in [2.24, 2.45) is 0 Å². The van der Waals surface area contributed by atoms with Gasteiger partial charge in [0.25, 0.3) is 0 Å². The van der Waals surface area contributed by atoms with E-state index in [2.05, 4.69) is 27.7 Å². The van der Waals surface area contributed by atoms with Gasteiger partial charge in [0.1, 0.15) is 19.3 Å². The van der Waals surface area contributed by atoms with Crippen LogP contribution in [0, 0.1) is 0 Å². The molecule has 0 aromatic carbocycles. The Morgan fingerprint density at radius 3 is 0.641 bits per heavy atom. The predicted octanol–water partition coefficient (Wildman–Crippen LogP) is 21.4. The van der Waals surface area contributed by atoms with Crippen LogP contribution in [0.3, 0.4) is 0 Å². The summed E-state index contributed by atoms with van der Waals surface area (Å²) in [7, 11) is -9.90. The molecule has 0 aliphatic heterocycles. The van der Waals surface area contributed by atoms with Gasteiger partial charge in [0, 0.05) is 25.7 Å². The number of hydrogen-bond donors (Lipinski definition) is 3. The topological polar surface area (TPSA) is 237 Å². The summed E-state index contributed by atoms with van der Waals surface area (Å²) < 4.78 is 68.4. The highest BCUT2D eigenvalue weighted by Gasteiger charge is 2.30. The first-order valence-corrected chi connectivity index (χ1v) is 41.3. The zero-order chi connectivity index (χ0) is 67.5. The SMILES string of the molecule is CCCCCCCCCCCCCCCCCC(=O)OC[C@H](COP(=O)(O)OC[C@@H](O)COP(=O)(O)OC[C@@H](COC(=O)CCCCCCCCCCC)OC(=O)CCCCCCCCCCCCCCC)OC(=O)CCCCCCCCCCCCCCCCC. The molecule has 0 aromatic rings. The van der Waals surface area contributed by atoms with Gasteiger partial charge in [-0.2, -0.15) is 0 Å². The van der Waals surface area contributed by atoms with E-state index >= 15 is 0 Å². The number of rotatable bonds is 74. The normalized spacial score (nSPS) is 13.9. The molecule has 0 amide bonds. The van der Waals surface area contributed by atoms with Crippen molar-refractivity contribution in [1.82, 2.24) is 0 Å². The number of hydrogen-bond acceptors (Lipinski definition) is 15. The highest BCUT2D eigenvalue weighted by Crippen LogP contribution is 2.45. The summed E-state index contributed by atoms with van der Waals surface area (Å²) in [6.07, 6.45) is 56.7. The molecule has 3 N–H and O–H groups in total. The Kier molecular flexibility index (Phi) is 66.2. The summed E-state index contributed by atoms with van der Waals surface area (Å²) in [5, 5.41) is 10.6. The lowest BCUT2D eigenvalue weighted by Gasteiger charge is -2.21. The van der Waals surface area contributed by atoms with Gasteiger partial charge in [-0.05, 0) is 25.7 Å². The van der Waals surface area contributed by atoms with Crippen LogP contribution in [-0.4, -0.2) is 96.7 Å². The number of carbonyl (C=O) groups excluding carboxylic acids is 4. The second-order valence-electron chi connectivity index (χ2n) is 26.3. The number of aliphatic hydroxyl groups is 1. The zero-order valence-electron chi connectivity index (χ0n) is 59.5. The van der Waals surface area contributed by atoms with Crippen molar-refractivity contribution in [1.29, 1.82) is 0 Å². The molecule has 2 unspecified atom stereocenters. The van der Waals surface area contributed by atoms with Crippen molar-refractivity contribution in [2.45, 2.75) is 406 Å². The van der Waals surface area contributed by atoms with Gasteiger partial charge in [-0.15, -0.1) is 0 Å². The van der Waals surface area contributed by atoms with Crippen LogP contribution >= 0.6 is 15.6 Å². The minimum atomic E-state index is -4.95. The molecule has 17 nitrogen and oxygen atoms in total. The Morgan fingerprint density at radius 2 is 0.435 bits per heavy atom. The lowest BCUT2D eigenvalue weighted by Crippen LogP contribution is -2.30. The van der Waals surface area contributed by atoms with Gasteiger partial charge >= 0.3 is 39.5 Å². The average molecular weight is 1350 g/mol. The standard InChI is InChI=1S/C73H142O17P2/c1-5-9-13-17-21-25-28-31-33-36-38-42-46-50-54-58-71(76)84-64-69(90-73(78)60-56-52-48-44-40-37-34-32-29-26-22-18-14-10-6-2)66-88-92(81,82)86-62-67(74)61-85-91(79,80)87-65-68(63-83-70(75)57-53-49-45-41-24-20-16-12-8-4)89-72(77)59-55-51-47-43-39-35-30-27-23-19-15-11-7-3/h67-69,74H,5-66H2,1-4H3,(H,79,80)(H,81,82)/t67-,68+,69+/m0/s1. The first kappa shape index (κ1) is 90.1. The Balaban J connectivity index is 5.23. The van der Waals surface area contributed by atoms with Crippen molar-refractivity contribution in [3.05, 3.63) is 0 Å². The minimum absolute atomic E-state index is 0.108. The van der Waals surface area contributed by atoms with Gasteiger partial charge in [0.2, 0.25) is 0 Å². The van der Waals surface area contributed by atoms with Crippen LogP contribution in [0.15, 0.2) is 0 Å².